The van der Waals surface area contributed by atoms with Gasteiger partial charge in [-0.3, -0.25) is 4.90 Å². The van der Waals surface area contributed by atoms with Crippen LogP contribution in [0.15, 0.2) is 24.3 Å². The molecule has 15 heavy (non-hydrogen) atoms. The van der Waals surface area contributed by atoms with E-state index < -0.39 is 0 Å². The van der Waals surface area contributed by atoms with E-state index in [9.17, 15) is 0 Å². The van der Waals surface area contributed by atoms with Gasteiger partial charge in [0.25, 0.3) is 0 Å². The molecule has 0 aromatic heterocycles. The molecule has 0 radical (unpaired) electrons. The Kier molecular flexibility index (Phi) is 3.34. The summed E-state index contributed by atoms with van der Waals surface area (Å²) in [5.41, 5.74) is 0.617. The Labute approximate surface area is 91.6 Å². The quantitative estimate of drug-likeness (QED) is 0.696. The van der Waals surface area contributed by atoms with Gasteiger partial charge in [-0.15, -0.1) is 0 Å². The van der Waals surface area contributed by atoms with Crippen molar-refractivity contribution in [3.63, 3.8) is 0 Å². The predicted octanol–water partition coefficient (Wildman–Crippen LogP) is 1.14. The second-order valence-corrected chi connectivity index (χ2v) is 4.36. The molecule has 82 valence electrons. The number of rotatable bonds is 1. The molecule has 0 spiro atoms. The van der Waals surface area contributed by atoms with Crippen LogP contribution in [-0.4, -0.2) is 54.8 Å². The van der Waals surface area contributed by atoms with Crippen LogP contribution in [0.5, 0.6) is 0 Å². The van der Waals surface area contributed by atoms with Crippen LogP contribution >= 0.6 is 0 Å². The third-order valence-corrected chi connectivity index (χ3v) is 3.18. The minimum absolute atomic E-state index is 0.498. The van der Waals surface area contributed by atoms with Gasteiger partial charge in [-0.05, 0) is 25.6 Å². The average Bonchev–Trinajstić information content (AvgIpc) is 2.44. The summed E-state index contributed by atoms with van der Waals surface area (Å²) < 4.78 is 0. The van der Waals surface area contributed by atoms with Gasteiger partial charge < -0.3 is 10.3 Å². The van der Waals surface area contributed by atoms with Crippen LogP contribution in [0.25, 0.3) is 0 Å². The Morgan fingerprint density at radius 3 is 2.67 bits per heavy atom. The number of hydrogen-bond donors (Lipinski definition) is 1. The first-order valence-corrected chi connectivity index (χ1v) is 5.61. The smallest absolute Gasteiger partial charge is 0.0534 e. The first-order valence-electron chi connectivity index (χ1n) is 5.61. The lowest BCUT2D eigenvalue weighted by Gasteiger charge is -2.36. The van der Waals surface area contributed by atoms with Gasteiger partial charge in [-0.25, -0.2) is 0 Å². The van der Waals surface area contributed by atoms with E-state index in [1.54, 1.807) is 0 Å². The maximum absolute atomic E-state index is 7.56. The van der Waals surface area contributed by atoms with E-state index in [0.29, 0.717) is 11.8 Å². The lowest BCUT2D eigenvalue weighted by Crippen LogP contribution is -2.48. The minimum atomic E-state index is 0.498. The molecule has 1 heterocycles. The van der Waals surface area contributed by atoms with Crippen LogP contribution in [0.3, 0.4) is 0 Å². The van der Waals surface area contributed by atoms with Crippen molar-refractivity contribution in [1.82, 2.24) is 9.80 Å². The summed E-state index contributed by atoms with van der Waals surface area (Å²) >= 11 is 0. The molecule has 1 saturated heterocycles. The van der Waals surface area contributed by atoms with E-state index in [1.807, 2.05) is 12.2 Å². The summed E-state index contributed by atoms with van der Waals surface area (Å²) in [7, 11) is 2.18. The molecule has 1 unspecified atom stereocenters. The van der Waals surface area contributed by atoms with E-state index in [2.05, 4.69) is 29.0 Å². The molecule has 0 amide bonds. The molecule has 3 nitrogen and oxygen atoms in total. The largest absolute Gasteiger partial charge is 0.304 e. The van der Waals surface area contributed by atoms with Gasteiger partial charge in [0.05, 0.1) is 5.71 Å². The third kappa shape index (κ3) is 2.76. The summed E-state index contributed by atoms with van der Waals surface area (Å²) in [5, 5.41) is 7.56. The second kappa shape index (κ2) is 4.73. The Balaban J connectivity index is 1.96. The van der Waals surface area contributed by atoms with Gasteiger partial charge in [-0.1, -0.05) is 12.2 Å². The maximum atomic E-state index is 7.56. The third-order valence-electron chi connectivity index (χ3n) is 3.18. The number of allylic oxidation sites excluding steroid dienone is 2. The van der Waals surface area contributed by atoms with Crippen LogP contribution in [-0.2, 0) is 0 Å². The topological polar surface area (TPSA) is 30.3 Å². The monoisotopic (exact) mass is 205 g/mol. The zero-order valence-electron chi connectivity index (χ0n) is 9.32. The van der Waals surface area contributed by atoms with E-state index in [4.69, 9.17) is 5.41 Å². The van der Waals surface area contributed by atoms with Gasteiger partial charge in [-0.2, -0.15) is 0 Å². The Bertz CT molecular complexity index is 285. The normalized spacial score (nSPS) is 29.4. The number of hydrogen-bond acceptors (Lipinski definition) is 3. The van der Waals surface area contributed by atoms with Crippen molar-refractivity contribution in [3.05, 3.63) is 24.3 Å². The summed E-state index contributed by atoms with van der Waals surface area (Å²) in [5.74, 6) is 0. The average molecular weight is 205 g/mol. The lowest BCUT2D eigenvalue weighted by atomic mass is 10.1. The van der Waals surface area contributed by atoms with Crippen molar-refractivity contribution in [2.75, 3.05) is 33.2 Å². The summed E-state index contributed by atoms with van der Waals surface area (Å²) in [6.45, 7) is 4.61. The standard InChI is InChI=1S/C12H19N3/c1-14-7-9-15(10-8-14)12-4-2-3-11(13)5-6-12/h2-3,5-6,12-13H,4,7-10H2,1H3. The van der Waals surface area contributed by atoms with E-state index >= 15 is 0 Å². The van der Waals surface area contributed by atoms with Gasteiger partial charge in [0, 0.05) is 32.2 Å². The highest BCUT2D eigenvalue weighted by Crippen LogP contribution is 2.12. The lowest BCUT2D eigenvalue weighted by molar-refractivity contribution is 0.131. The Morgan fingerprint density at radius 2 is 1.93 bits per heavy atom. The summed E-state index contributed by atoms with van der Waals surface area (Å²) in [6, 6.07) is 0.498. The van der Waals surface area contributed by atoms with Crippen LogP contribution in [0, 0.1) is 5.41 Å². The molecule has 0 aromatic carbocycles. The van der Waals surface area contributed by atoms with Crippen molar-refractivity contribution in [1.29, 1.82) is 5.41 Å². The van der Waals surface area contributed by atoms with Crippen LogP contribution in [0.1, 0.15) is 6.42 Å². The maximum Gasteiger partial charge on any atom is 0.0534 e. The molecule has 3 heteroatoms. The van der Waals surface area contributed by atoms with Crippen molar-refractivity contribution in [3.8, 4) is 0 Å². The van der Waals surface area contributed by atoms with Crippen molar-refractivity contribution in [2.24, 2.45) is 0 Å². The second-order valence-electron chi connectivity index (χ2n) is 4.36. The Hall–Kier alpha value is -0.930. The molecule has 1 fully saturated rings. The molecule has 0 aromatic rings. The van der Waals surface area contributed by atoms with E-state index in [0.717, 1.165) is 32.6 Å². The van der Waals surface area contributed by atoms with Gasteiger partial charge in [0.1, 0.15) is 0 Å². The molecule has 1 aliphatic carbocycles. The number of likely N-dealkylation sites (N-methyl/N-ethyl adjacent to an activating group) is 1. The summed E-state index contributed by atoms with van der Waals surface area (Å²) in [4.78, 5) is 4.88. The molecular weight excluding hydrogens is 186 g/mol. The van der Waals surface area contributed by atoms with Gasteiger partial charge >= 0.3 is 0 Å². The molecule has 1 aliphatic heterocycles. The molecule has 2 aliphatic rings. The predicted molar refractivity (Wildman–Crippen MR) is 63.5 cm³/mol. The van der Waals surface area contributed by atoms with Crippen molar-refractivity contribution >= 4 is 5.71 Å². The first-order chi connectivity index (χ1) is 7.25. The fourth-order valence-corrected chi connectivity index (χ4v) is 2.11. The zero-order valence-corrected chi connectivity index (χ0v) is 9.32. The minimum Gasteiger partial charge on any atom is -0.304 e. The SMILES string of the molecule is CN1CCN(C2C=CC(=N)C=CC2)CC1. The Morgan fingerprint density at radius 1 is 1.20 bits per heavy atom. The van der Waals surface area contributed by atoms with Crippen LogP contribution in [0.4, 0.5) is 0 Å². The molecule has 1 atom stereocenters. The van der Waals surface area contributed by atoms with Crippen LogP contribution in [0.2, 0.25) is 0 Å². The molecule has 0 bridgehead atoms. The number of piperazine rings is 1. The molecular formula is C12H19N3. The number of nitrogens with one attached hydrogen (secondary N) is 1. The fraction of sp³-hybridized carbons (Fsp3) is 0.583. The molecule has 1 N–H and O–H groups in total. The summed E-state index contributed by atoms with van der Waals surface area (Å²) in [6.07, 6.45) is 9.15. The van der Waals surface area contributed by atoms with Gasteiger partial charge in [0.15, 0.2) is 0 Å². The fourth-order valence-electron chi connectivity index (χ4n) is 2.11. The zero-order chi connectivity index (χ0) is 10.7. The van der Waals surface area contributed by atoms with Crippen LogP contribution < -0.4 is 0 Å². The van der Waals surface area contributed by atoms with E-state index in [1.165, 1.54) is 0 Å². The highest BCUT2D eigenvalue weighted by atomic mass is 15.3. The molecule has 2 rings (SSSR count). The molecule has 0 saturated carbocycles. The number of nitrogens with zero attached hydrogens (tertiary/aromatic N) is 2. The van der Waals surface area contributed by atoms with Crippen molar-refractivity contribution < 1.29 is 0 Å². The highest BCUT2D eigenvalue weighted by Gasteiger charge is 2.20. The van der Waals surface area contributed by atoms with E-state index in [-0.39, 0.29) is 0 Å². The highest BCUT2D eigenvalue weighted by molar-refractivity contribution is 6.01. The van der Waals surface area contributed by atoms with Crippen molar-refractivity contribution in [2.45, 2.75) is 12.5 Å². The van der Waals surface area contributed by atoms with Gasteiger partial charge in [0.2, 0.25) is 0 Å². The first kappa shape index (κ1) is 10.6.